The molecule has 0 radical (unpaired) electrons. The maximum Gasteiger partial charge on any atom is 0.320 e. The number of carboxylic acids is 1. The van der Waals surface area contributed by atoms with Crippen LogP contribution < -0.4 is 11.0 Å². The van der Waals surface area contributed by atoms with Gasteiger partial charge in [-0.3, -0.25) is 4.79 Å². The minimum absolute atomic E-state index is 0.232. The molecule has 4 N–H and O–H groups in total. The molecule has 1 aromatic carbocycles. The molecule has 6 heteroatoms. The fourth-order valence-electron chi connectivity index (χ4n) is 1.17. The third kappa shape index (κ3) is 3.42. The number of phenolic OH excluding ortho intramolecular Hbond substituents is 1. The Balaban J connectivity index is 2.83. The second-order valence-corrected chi connectivity index (χ2v) is 4.84. The Kier molecular flexibility index (Phi) is 4.46. The molecule has 4 nitrogen and oxygen atoms in total. The fraction of sp³-hybridized carbons (Fsp3) is 0.222. The van der Waals surface area contributed by atoms with E-state index in [0.29, 0.717) is 8.27 Å². The highest BCUT2D eigenvalue weighted by molar-refractivity contribution is 8.06. The Morgan fingerprint density at radius 1 is 1.60 bits per heavy atom. The molecule has 1 rings (SSSR count). The maximum atomic E-state index is 10.5. The van der Waals surface area contributed by atoms with Crippen molar-refractivity contribution in [2.75, 3.05) is 0 Å². The van der Waals surface area contributed by atoms with E-state index in [4.69, 9.17) is 10.8 Å². The molecule has 0 aliphatic carbocycles. The van der Waals surface area contributed by atoms with Gasteiger partial charge in [0.25, 0.3) is 0 Å². The summed E-state index contributed by atoms with van der Waals surface area (Å²) in [5.74, 6) is -0.783. The van der Waals surface area contributed by atoms with Gasteiger partial charge in [-0.15, -0.1) is 8.93 Å². The number of nitrogens with two attached hydrogens (primary N) is 1. The van der Waals surface area contributed by atoms with Crippen LogP contribution in [0.25, 0.3) is 0 Å². The summed E-state index contributed by atoms with van der Waals surface area (Å²) >= 11 is 0. The van der Waals surface area contributed by atoms with E-state index >= 15 is 0 Å². The van der Waals surface area contributed by atoms with Crippen molar-refractivity contribution < 1.29 is 15.0 Å². The highest BCUT2D eigenvalue weighted by atomic mass is 32.0. The van der Waals surface area contributed by atoms with Crippen molar-refractivity contribution in [2.24, 2.45) is 5.73 Å². The van der Waals surface area contributed by atoms with Crippen molar-refractivity contribution in [1.29, 1.82) is 0 Å². The summed E-state index contributed by atoms with van der Waals surface area (Å²) in [4.78, 5) is 10.5. The third-order valence-corrected chi connectivity index (χ3v) is 3.63. The highest BCUT2D eigenvalue weighted by Crippen LogP contribution is 2.25. The Labute approximate surface area is 91.8 Å². The lowest BCUT2D eigenvalue weighted by atomic mass is 10.1. The summed E-state index contributed by atoms with van der Waals surface area (Å²) in [7, 11) is 2.93. The summed E-state index contributed by atoms with van der Waals surface area (Å²) in [5.41, 5.74) is 6.24. The molecule has 1 aromatic rings. The van der Waals surface area contributed by atoms with Crippen LogP contribution in [0.2, 0.25) is 0 Å². The molecule has 0 aliphatic rings. The average Bonchev–Trinajstić information content (AvgIpc) is 2.20. The van der Waals surface area contributed by atoms with Crippen LogP contribution in [0.4, 0.5) is 0 Å². The van der Waals surface area contributed by atoms with Gasteiger partial charge in [0, 0.05) is 5.30 Å². The number of aliphatic carboxylic acids is 1. The van der Waals surface area contributed by atoms with Crippen molar-refractivity contribution in [3.63, 3.8) is 0 Å². The van der Waals surface area contributed by atoms with E-state index in [2.05, 4.69) is 8.93 Å². The number of aromatic hydroxyl groups is 1. The first kappa shape index (κ1) is 12.4. The molecular weight excluding hydrogens is 232 g/mol. The molecular formula is C9H13NO3P2. The molecule has 82 valence electrons. The minimum Gasteiger partial charge on any atom is -0.507 e. The highest BCUT2D eigenvalue weighted by Gasteiger charge is 2.12. The van der Waals surface area contributed by atoms with Gasteiger partial charge in [-0.1, -0.05) is 14.3 Å². The molecule has 0 aromatic heterocycles. The summed E-state index contributed by atoms with van der Waals surface area (Å²) < 4.78 is 0. The van der Waals surface area contributed by atoms with Crippen LogP contribution in [0, 0.1) is 0 Å². The number of carboxylic acid groups (broad SMARTS) is 1. The molecule has 0 amide bonds. The first-order valence-corrected chi connectivity index (χ1v) is 7.12. The number of hydrogen-bond acceptors (Lipinski definition) is 3. The zero-order valence-electron chi connectivity index (χ0n) is 7.97. The van der Waals surface area contributed by atoms with Gasteiger partial charge < -0.3 is 15.9 Å². The molecule has 0 saturated carbocycles. The largest absolute Gasteiger partial charge is 0.507 e. The topological polar surface area (TPSA) is 83.5 Å². The Hall–Kier alpha value is -0.690. The van der Waals surface area contributed by atoms with E-state index in [0.717, 1.165) is 10.9 Å². The zero-order valence-corrected chi connectivity index (χ0v) is 10.1. The second-order valence-electron chi connectivity index (χ2n) is 3.14. The molecule has 15 heavy (non-hydrogen) atoms. The van der Waals surface area contributed by atoms with Gasteiger partial charge in [-0.05, 0) is 24.1 Å². The second kappa shape index (κ2) is 5.41. The number of rotatable bonds is 4. The predicted molar refractivity (Wildman–Crippen MR) is 65.1 cm³/mol. The van der Waals surface area contributed by atoms with Crippen LogP contribution in [0.5, 0.6) is 5.75 Å². The number of phenols is 1. The maximum absolute atomic E-state index is 10.5. The molecule has 3 atom stereocenters. The van der Waals surface area contributed by atoms with E-state index in [1.54, 1.807) is 18.2 Å². The van der Waals surface area contributed by atoms with Gasteiger partial charge in [0.1, 0.15) is 11.8 Å². The molecule has 3 unspecified atom stereocenters. The summed E-state index contributed by atoms with van der Waals surface area (Å²) in [6, 6.07) is 4.14. The van der Waals surface area contributed by atoms with Gasteiger partial charge in [0.2, 0.25) is 0 Å². The van der Waals surface area contributed by atoms with Crippen LogP contribution >= 0.6 is 17.2 Å². The smallest absolute Gasteiger partial charge is 0.320 e. The molecule has 0 spiro atoms. The monoisotopic (exact) mass is 245 g/mol. The summed E-state index contributed by atoms with van der Waals surface area (Å²) in [6.45, 7) is 0. The standard InChI is InChI=1S/C9H13NO3P2/c10-6(9(12)13)3-5-1-2-7(11)8(4-5)15-14/h1-2,4,6,11,15H,3,10,14H2,(H,12,13). The van der Waals surface area contributed by atoms with Crippen LogP contribution in [-0.4, -0.2) is 22.2 Å². The van der Waals surface area contributed by atoms with Crippen LogP contribution in [0.1, 0.15) is 5.56 Å². The molecule has 0 bridgehead atoms. The quantitative estimate of drug-likeness (QED) is 0.672. The first-order valence-electron chi connectivity index (χ1n) is 4.31. The van der Waals surface area contributed by atoms with Gasteiger partial charge in [-0.2, -0.15) is 0 Å². The number of hydrogen-bond donors (Lipinski definition) is 3. The first-order chi connectivity index (χ1) is 7.04. The van der Waals surface area contributed by atoms with Crippen LogP contribution in [0.15, 0.2) is 18.2 Å². The van der Waals surface area contributed by atoms with Crippen molar-refractivity contribution >= 4 is 28.5 Å². The van der Waals surface area contributed by atoms with Gasteiger partial charge in [0.15, 0.2) is 0 Å². The van der Waals surface area contributed by atoms with E-state index in [-0.39, 0.29) is 12.2 Å². The van der Waals surface area contributed by atoms with E-state index in [1.165, 1.54) is 0 Å². The molecule has 0 aliphatic heterocycles. The Morgan fingerprint density at radius 2 is 2.27 bits per heavy atom. The zero-order chi connectivity index (χ0) is 11.4. The lowest BCUT2D eigenvalue weighted by Crippen LogP contribution is -2.32. The fourth-order valence-corrected chi connectivity index (χ4v) is 2.36. The van der Waals surface area contributed by atoms with Crippen molar-refractivity contribution in [3.05, 3.63) is 23.8 Å². The summed E-state index contributed by atoms with van der Waals surface area (Å²) in [6.07, 6.45) is 0.276. The third-order valence-electron chi connectivity index (χ3n) is 1.99. The molecule has 0 heterocycles. The van der Waals surface area contributed by atoms with E-state index < -0.39 is 12.0 Å². The lowest BCUT2D eigenvalue weighted by Gasteiger charge is -2.08. The predicted octanol–water partition coefficient (Wildman–Crippen LogP) is 0.440. The number of benzene rings is 1. The number of carbonyl (C=O) groups is 1. The Morgan fingerprint density at radius 3 is 2.80 bits per heavy atom. The van der Waals surface area contributed by atoms with E-state index in [1.807, 2.05) is 0 Å². The normalized spacial score (nSPS) is 13.2. The van der Waals surface area contributed by atoms with Crippen LogP contribution in [-0.2, 0) is 11.2 Å². The summed E-state index contributed by atoms with van der Waals surface area (Å²) in [5, 5.41) is 18.9. The van der Waals surface area contributed by atoms with Crippen molar-refractivity contribution in [1.82, 2.24) is 0 Å². The van der Waals surface area contributed by atoms with Crippen molar-refractivity contribution in [3.8, 4) is 5.75 Å². The SMILES string of the molecule is NC(Cc1ccc(O)c(PP)c1)C(=O)O. The molecule has 0 fully saturated rings. The van der Waals surface area contributed by atoms with E-state index in [9.17, 15) is 9.90 Å². The van der Waals surface area contributed by atoms with Crippen LogP contribution in [0.3, 0.4) is 0 Å². The minimum atomic E-state index is -1.02. The van der Waals surface area contributed by atoms with Gasteiger partial charge in [-0.25, -0.2) is 0 Å². The Bertz CT molecular complexity index is 370. The lowest BCUT2D eigenvalue weighted by molar-refractivity contribution is -0.138. The molecule has 0 saturated heterocycles. The van der Waals surface area contributed by atoms with Gasteiger partial charge >= 0.3 is 5.97 Å². The van der Waals surface area contributed by atoms with Crippen molar-refractivity contribution in [2.45, 2.75) is 12.5 Å². The average molecular weight is 245 g/mol. The van der Waals surface area contributed by atoms with Gasteiger partial charge in [0.05, 0.1) is 0 Å².